The fourth-order valence-corrected chi connectivity index (χ4v) is 3.08. The van der Waals surface area contributed by atoms with Crippen molar-refractivity contribution in [1.29, 1.82) is 0 Å². The summed E-state index contributed by atoms with van der Waals surface area (Å²) in [4.78, 5) is 13.3. The van der Waals surface area contributed by atoms with Gasteiger partial charge in [0.1, 0.15) is 0 Å². The van der Waals surface area contributed by atoms with Gasteiger partial charge >= 0.3 is 0 Å². The SMILES string of the molecule is Cc1ccc(SC(C)C(=O)c2ccc(F)c(F)c2)c(C)c1. The first-order valence-corrected chi connectivity index (χ1v) is 7.49. The topological polar surface area (TPSA) is 17.1 Å². The highest BCUT2D eigenvalue weighted by atomic mass is 32.2. The van der Waals surface area contributed by atoms with Crippen molar-refractivity contribution in [1.82, 2.24) is 0 Å². The monoisotopic (exact) mass is 306 g/mol. The molecule has 0 bridgehead atoms. The summed E-state index contributed by atoms with van der Waals surface area (Å²) in [5, 5.41) is -0.365. The van der Waals surface area contributed by atoms with Crippen LogP contribution in [0.25, 0.3) is 0 Å². The molecular formula is C17H16F2OS. The molecule has 0 fully saturated rings. The van der Waals surface area contributed by atoms with E-state index in [-0.39, 0.29) is 16.6 Å². The Labute approximate surface area is 127 Å². The number of benzene rings is 2. The normalized spacial score (nSPS) is 12.2. The lowest BCUT2D eigenvalue weighted by Gasteiger charge is -2.13. The standard InChI is InChI=1S/C17H16F2OS/c1-10-4-7-16(11(2)8-10)21-12(3)17(20)13-5-6-14(18)15(19)9-13/h4-9,12H,1-3H3. The van der Waals surface area contributed by atoms with Crippen molar-refractivity contribution < 1.29 is 13.6 Å². The number of ketones is 1. The van der Waals surface area contributed by atoms with E-state index in [2.05, 4.69) is 6.07 Å². The molecule has 1 atom stereocenters. The van der Waals surface area contributed by atoms with Crippen LogP contribution in [0, 0.1) is 25.5 Å². The Bertz CT molecular complexity index is 682. The Balaban J connectivity index is 2.17. The van der Waals surface area contributed by atoms with Crippen molar-refractivity contribution in [2.45, 2.75) is 30.9 Å². The van der Waals surface area contributed by atoms with Gasteiger partial charge in [0, 0.05) is 10.5 Å². The molecule has 0 saturated heterocycles. The number of aryl methyl sites for hydroxylation is 2. The molecule has 21 heavy (non-hydrogen) atoms. The van der Waals surface area contributed by atoms with Gasteiger partial charge in [-0.1, -0.05) is 17.7 Å². The number of carbonyl (C=O) groups is 1. The van der Waals surface area contributed by atoms with Gasteiger partial charge in [0.2, 0.25) is 0 Å². The molecule has 0 spiro atoms. The van der Waals surface area contributed by atoms with Crippen LogP contribution in [-0.2, 0) is 0 Å². The smallest absolute Gasteiger partial charge is 0.175 e. The molecule has 0 radical (unpaired) electrons. The zero-order chi connectivity index (χ0) is 15.6. The second-order valence-electron chi connectivity index (χ2n) is 5.02. The zero-order valence-corrected chi connectivity index (χ0v) is 12.9. The van der Waals surface area contributed by atoms with Crippen LogP contribution in [0.2, 0.25) is 0 Å². The summed E-state index contributed by atoms with van der Waals surface area (Å²) in [6.07, 6.45) is 0. The van der Waals surface area contributed by atoms with Gasteiger partial charge in [-0.05, 0) is 50.6 Å². The van der Waals surface area contributed by atoms with E-state index in [9.17, 15) is 13.6 Å². The van der Waals surface area contributed by atoms with Crippen LogP contribution in [0.1, 0.15) is 28.4 Å². The van der Waals surface area contributed by atoms with E-state index in [4.69, 9.17) is 0 Å². The Kier molecular flexibility index (Phi) is 4.78. The fraction of sp³-hybridized carbons (Fsp3) is 0.235. The summed E-state index contributed by atoms with van der Waals surface area (Å²) >= 11 is 1.43. The van der Waals surface area contributed by atoms with Crippen molar-refractivity contribution in [2.24, 2.45) is 0 Å². The molecule has 110 valence electrons. The van der Waals surface area contributed by atoms with Crippen molar-refractivity contribution in [3.8, 4) is 0 Å². The molecule has 0 N–H and O–H groups in total. The lowest BCUT2D eigenvalue weighted by Crippen LogP contribution is -2.14. The third kappa shape index (κ3) is 3.70. The average molecular weight is 306 g/mol. The molecule has 0 heterocycles. The molecule has 4 heteroatoms. The van der Waals surface area contributed by atoms with Crippen molar-refractivity contribution in [3.05, 3.63) is 64.7 Å². The van der Waals surface area contributed by atoms with Crippen LogP contribution in [0.5, 0.6) is 0 Å². The van der Waals surface area contributed by atoms with Crippen LogP contribution in [0.15, 0.2) is 41.3 Å². The van der Waals surface area contributed by atoms with E-state index in [0.29, 0.717) is 0 Å². The minimum absolute atomic E-state index is 0.193. The molecule has 2 rings (SSSR count). The van der Waals surface area contributed by atoms with Crippen LogP contribution >= 0.6 is 11.8 Å². The summed E-state index contributed by atoms with van der Waals surface area (Å²) in [5.74, 6) is -2.15. The second kappa shape index (κ2) is 6.39. The van der Waals surface area contributed by atoms with Gasteiger partial charge in [0.15, 0.2) is 17.4 Å². The third-order valence-corrected chi connectivity index (χ3v) is 4.49. The molecular weight excluding hydrogens is 290 g/mol. The Morgan fingerprint density at radius 2 is 1.76 bits per heavy atom. The lowest BCUT2D eigenvalue weighted by molar-refractivity contribution is 0.0993. The number of halogens is 2. The number of Topliss-reactive ketones (excluding diaryl/α,β-unsaturated/α-hetero) is 1. The van der Waals surface area contributed by atoms with Gasteiger partial charge in [-0.3, -0.25) is 4.79 Å². The molecule has 0 aliphatic carbocycles. The Morgan fingerprint density at radius 1 is 1.05 bits per heavy atom. The summed E-state index contributed by atoms with van der Waals surface area (Å²) in [6.45, 7) is 5.77. The average Bonchev–Trinajstić information content (AvgIpc) is 2.44. The number of carbonyl (C=O) groups excluding carboxylic acids is 1. The fourth-order valence-electron chi connectivity index (χ4n) is 2.06. The number of hydrogen-bond donors (Lipinski definition) is 0. The van der Waals surface area contributed by atoms with Gasteiger partial charge < -0.3 is 0 Å². The first-order chi connectivity index (χ1) is 9.88. The summed E-state index contributed by atoms with van der Waals surface area (Å²) in [7, 11) is 0. The van der Waals surface area contributed by atoms with E-state index in [1.807, 2.05) is 26.0 Å². The highest BCUT2D eigenvalue weighted by Gasteiger charge is 2.18. The molecule has 0 aliphatic heterocycles. The molecule has 0 aromatic heterocycles. The molecule has 0 saturated carbocycles. The molecule has 1 unspecified atom stereocenters. The van der Waals surface area contributed by atoms with Gasteiger partial charge in [-0.2, -0.15) is 0 Å². The van der Waals surface area contributed by atoms with Crippen molar-refractivity contribution >= 4 is 17.5 Å². The predicted molar refractivity (Wildman–Crippen MR) is 81.9 cm³/mol. The van der Waals surface area contributed by atoms with Crippen LogP contribution in [0.4, 0.5) is 8.78 Å². The third-order valence-electron chi connectivity index (χ3n) is 3.21. The number of hydrogen-bond acceptors (Lipinski definition) is 2. The predicted octanol–water partition coefficient (Wildman–Crippen LogP) is 4.95. The van der Waals surface area contributed by atoms with Gasteiger partial charge in [0.25, 0.3) is 0 Å². The van der Waals surface area contributed by atoms with Crippen molar-refractivity contribution in [2.75, 3.05) is 0 Å². The maximum Gasteiger partial charge on any atom is 0.175 e. The number of rotatable bonds is 4. The highest BCUT2D eigenvalue weighted by molar-refractivity contribution is 8.00. The Hall–Kier alpha value is -1.68. The maximum absolute atomic E-state index is 13.2. The minimum Gasteiger partial charge on any atom is -0.293 e. The van der Waals surface area contributed by atoms with E-state index < -0.39 is 11.6 Å². The summed E-state index contributed by atoms with van der Waals surface area (Å²) in [5.41, 5.74) is 2.46. The van der Waals surface area contributed by atoms with Gasteiger partial charge in [-0.15, -0.1) is 11.8 Å². The minimum atomic E-state index is -0.996. The van der Waals surface area contributed by atoms with E-state index in [1.165, 1.54) is 17.8 Å². The zero-order valence-electron chi connectivity index (χ0n) is 12.1. The summed E-state index contributed by atoms with van der Waals surface area (Å²) in [6, 6.07) is 9.28. The molecule has 2 aromatic rings. The molecule has 0 amide bonds. The highest BCUT2D eigenvalue weighted by Crippen LogP contribution is 2.29. The molecule has 1 nitrogen and oxygen atoms in total. The summed E-state index contributed by atoms with van der Waals surface area (Å²) < 4.78 is 26.1. The number of thioether (sulfide) groups is 1. The second-order valence-corrected chi connectivity index (χ2v) is 6.40. The van der Waals surface area contributed by atoms with E-state index in [0.717, 1.165) is 28.2 Å². The van der Waals surface area contributed by atoms with Crippen molar-refractivity contribution in [3.63, 3.8) is 0 Å². The van der Waals surface area contributed by atoms with E-state index >= 15 is 0 Å². The van der Waals surface area contributed by atoms with Gasteiger partial charge in [-0.25, -0.2) is 8.78 Å². The van der Waals surface area contributed by atoms with E-state index in [1.54, 1.807) is 6.92 Å². The van der Waals surface area contributed by atoms with Crippen LogP contribution < -0.4 is 0 Å². The molecule has 0 aliphatic rings. The quantitative estimate of drug-likeness (QED) is 0.587. The molecule has 2 aromatic carbocycles. The largest absolute Gasteiger partial charge is 0.293 e. The van der Waals surface area contributed by atoms with Crippen LogP contribution in [0.3, 0.4) is 0 Å². The van der Waals surface area contributed by atoms with Gasteiger partial charge in [0.05, 0.1) is 5.25 Å². The first kappa shape index (κ1) is 15.7. The lowest BCUT2D eigenvalue weighted by atomic mass is 10.1. The maximum atomic E-state index is 13.2. The van der Waals surface area contributed by atoms with Crippen LogP contribution in [-0.4, -0.2) is 11.0 Å². The Morgan fingerprint density at radius 3 is 2.38 bits per heavy atom. The first-order valence-electron chi connectivity index (χ1n) is 6.61.